The minimum Gasteiger partial charge on any atom is -0.380 e. The van der Waals surface area contributed by atoms with E-state index in [1.807, 2.05) is 29.2 Å². The third-order valence-electron chi connectivity index (χ3n) is 3.62. The van der Waals surface area contributed by atoms with E-state index in [-0.39, 0.29) is 11.9 Å². The van der Waals surface area contributed by atoms with Crippen LogP contribution >= 0.6 is 22.9 Å². The molecule has 110 valence electrons. The summed E-state index contributed by atoms with van der Waals surface area (Å²) in [4.78, 5) is 18.9. The van der Waals surface area contributed by atoms with Crippen LogP contribution in [0.15, 0.2) is 30.5 Å². The van der Waals surface area contributed by atoms with Gasteiger partial charge in [0.15, 0.2) is 4.47 Å². The molecule has 1 N–H and O–H groups in total. The van der Waals surface area contributed by atoms with Crippen molar-refractivity contribution in [2.45, 2.75) is 32.4 Å². The largest absolute Gasteiger partial charge is 0.380 e. The zero-order valence-electron chi connectivity index (χ0n) is 11.7. The maximum absolute atomic E-state index is 11.9. The van der Waals surface area contributed by atoms with Gasteiger partial charge in [0, 0.05) is 34.9 Å². The number of rotatable bonds is 4. The molecule has 1 aromatic carbocycles. The zero-order valence-corrected chi connectivity index (χ0v) is 13.2. The van der Waals surface area contributed by atoms with Gasteiger partial charge in [0.25, 0.3) is 0 Å². The van der Waals surface area contributed by atoms with Crippen molar-refractivity contribution >= 4 is 40.2 Å². The minimum absolute atomic E-state index is 0.211. The highest BCUT2D eigenvalue weighted by atomic mass is 35.5. The Bertz CT molecular complexity index is 641. The van der Waals surface area contributed by atoms with Crippen LogP contribution in [0.4, 0.5) is 11.4 Å². The van der Waals surface area contributed by atoms with E-state index in [0.717, 1.165) is 22.7 Å². The highest BCUT2D eigenvalue weighted by Gasteiger charge is 2.28. The van der Waals surface area contributed by atoms with Gasteiger partial charge < -0.3 is 10.2 Å². The Kier molecular flexibility index (Phi) is 4.12. The van der Waals surface area contributed by atoms with Crippen LogP contribution in [0.1, 0.15) is 24.6 Å². The first-order chi connectivity index (χ1) is 10.1. The summed E-state index contributed by atoms with van der Waals surface area (Å²) in [5.41, 5.74) is 1.99. The molecule has 1 fully saturated rings. The van der Waals surface area contributed by atoms with E-state index >= 15 is 0 Å². The first kappa shape index (κ1) is 14.4. The molecule has 1 saturated heterocycles. The zero-order chi connectivity index (χ0) is 14.8. The van der Waals surface area contributed by atoms with Crippen LogP contribution in [0.3, 0.4) is 0 Å². The van der Waals surface area contributed by atoms with Gasteiger partial charge in [-0.05, 0) is 37.6 Å². The standard InChI is InChI=1S/C15H16ClN3OS/c1-10-2-7-14(20)19(10)12-5-3-11(4-6-12)17-8-13-9-18-15(16)21-13/h3-6,9-10,17H,2,7-8H2,1H3. The van der Waals surface area contributed by atoms with E-state index in [0.29, 0.717) is 17.4 Å². The second-order valence-electron chi connectivity index (χ2n) is 5.13. The Morgan fingerprint density at radius 1 is 1.43 bits per heavy atom. The molecule has 0 saturated carbocycles. The summed E-state index contributed by atoms with van der Waals surface area (Å²) in [6.45, 7) is 2.79. The fourth-order valence-corrected chi connectivity index (χ4v) is 3.44. The summed E-state index contributed by atoms with van der Waals surface area (Å²) in [5, 5.41) is 3.32. The van der Waals surface area contributed by atoms with Crippen molar-refractivity contribution in [1.82, 2.24) is 4.98 Å². The number of halogens is 1. The minimum atomic E-state index is 0.211. The monoisotopic (exact) mass is 321 g/mol. The van der Waals surface area contributed by atoms with Crippen molar-refractivity contribution in [3.63, 3.8) is 0 Å². The normalized spacial score (nSPS) is 18.3. The van der Waals surface area contributed by atoms with Gasteiger partial charge in [0.05, 0.1) is 6.54 Å². The van der Waals surface area contributed by atoms with Gasteiger partial charge in [0.2, 0.25) is 5.91 Å². The van der Waals surface area contributed by atoms with E-state index in [9.17, 15) is 4.79 Å². The van der Waals surface area contributed by atoms with Crippen molar-refractivity contribution in [3.05, 3.63) is 39.8 Å². The Labute approximate surface area is 132 Å². The summed E-state index contributed by atoms with van der Waals surface area (Å²) in [6, 6.07) is 8.26. The summed E-state index contributed by atoms with van der Waals surface area (Å²) >= 11 is 7.28. The number of hydrogen-bond acceptors (Lipinski definition) is 4. The van der Waals surface area contributed by atoms with Gasteiger partial charge in [-0.15, -0.1) is 11.3 Å². The van der Waals surface area contributed by atoms with Crippen LogP contribution in [0.25, 0.3) is 0 Å². The van der Waals surface area contributed by atoms with Crippen LogP contribution in [0.2, 0.25) is 4.47 Å². The molecule has 0 aliphatic carbocycles. The van der Waals surface area contributed by atoms with Crippen LogP contribution in [0.5, 0.6) is 0 Å². The lowest BCUT2D eigenvalue weighted by molar-refractivity contribution is -0.117. The molecule has 2 aromatic rings. The molecule has 1 amide bonds. The number of hydrogen-bond donors (Lipinski definition) is 1. The Morgan fingerprint density at radius 2 is 2.19 bits per heavy atom. The van der Waals surface area contributed by atoms with Gasteiger partial charge in [-0.2, -0.15) is 0 Å². The van der Waals surface area contributed by atoms with E-state index in [1.165, 1.54) is 11.3 Å². The molecule has 3 rings (SSSR count). The van der Waals surface area contributed by atoms with Gasteiger partial charge >= 0.3 is 0 Å². The quantitative estimate of drug-likeness (QED) is 0.928. The smallest absolute Gasteiger partial charge is 0.227 e. The van der Waals surface area contributed by atoms with Crippen molar-refractivity contribution in [3.8, 4) is 0 Å². The van der Waals surface area contributed by atoms with Crippen molar-refractivity contribution in [1.29, 1.82) is 0 Å². The Hall–Kier alpha value is -1.59. The van der Waals surface area contributed by atoms with E-state index in [1.54, 1.807) is 6.20 Å². The highest BCUT2D eigenvalue weighted by Crippen LogP contribution is 2.27. The molecule has 1 atom stereocenters. The highest BCUT2D eigenvalue weighted by molar-refractivity contribution is 7.15. The molecule has 21 heavy (non-hydrogen) atoms. The number of aromatic nitrogens is 1. The molecule has 4 nitrogen and oxygen atoms in total. The predicted octanol–water partition coefficient (Wildman–Crippen LogP) is 3.92. The molecule has 6 heteroatoms. The van der Waals surface area contributed by atoms with Crippen LogP contribution in [-0.4, -0.2) is 16.9 Å². The van der Waals surface area contributed by atoms with Gasteiger partial charge in [-0.25, -0.2) is 4.98 Å². The van der Waals surface area contributed by atoms with Crippen molar-refractivity contribution < 1.29 is 4.79 Å². The lowest BCUT2D eigenvalue weighted by Crippen LogP contribution is -2.30. The van der Waals surface area contributed by atoms with Crippen molar-refractivity contribution in [2.75, 3.05) is 10.2 Å². The number of nitrogens with one attached hydrogen (secondary N) is 1. The fourth-order valence-electron chi connectivity index (χ4n) is 2.52. The van der Waals surface area contributed by atoms with E-state index in [2.05, 4.69) is 17.2 Å². The summed E-state index contributed by atoms with van der Waals surface area (Å²) in [6.07, 6.45) is 3.36. The maximum Gasteiger partial charge on any atom is 0.227 e. The molecule has 1 aromatic heterocycles. The Morgan fingerprint density at radius 3 is 2.76 bits per heavy atom. The lowest BCUT2D eigenvalue weighted by Gasteiger charge is -2.22. The number of amides is 1. The molecule has 0 bridgehead atoms. The molecule has 1 unspecified atom stereocenters. The molecule has 0 spiro atoms. The topological polar surface area (TPSA) is 45.2 Å². The average molecular weight is 322 g/mol. The summed E-state index contributed by atoms with van der Waals surface area (Å²) < 4.78 is 0.559. The third-order valence-corrected chi connectivity index (χ3v) is 4.74. The molecule has 1 aliphatic rings. The number of thiazole rings is 1. The van der Waals surface area contributed by atoms with Crippen LogP contribution in [-0.2, 0) is 11.3 Å². The molecular formula is C15H16ClN3OS. The number of nitrogens with zero attached hydrogens (tertiary/aromatic N) is 2. The lowest BCUT2D eigenvalue weighted by atomic mass is 10.2. The summed E-state index contributed by atoms with van der Waals surface area (Å²) in [5.74, 6) is 0.211. The van der Waals surface area contributed by atoms with Gasteiger partial charge in [-0.1, -0.05) is 11.6 Å². The Balaban J connectivity index is 1.65. The van der Waals surface area contributed by atoms with Crippen LogP contribution < -0.4 is 10.2 Å². The fraction of sp³-hybridized carbons (Fsp3) is 0.333. The molecular weight excluding hydrogens is 306 g/mol. The van der Waals surface area contributed by atoms with Gasteiger partial charge in [-0.3, -0.25) is 4.79 Å². The number of anilines is 2. The summed E-state index contributed by atoms with van der Waals surface area (Å²) in [7, 11) is 0. The first-order valence-corrected chi connectivity index (χ1v) is 8.09. The van der Waals surface area contributed by atoms with E-state index < -0.39 is 0 Å². The molecule has 1 aliphatic heterocycles. The second kappa shape index (κ2) is 6.03. The first-order valence-electron chi connectivity index (χ1n) is 6.89. The van der Waals surface area contributed by atoms with Crippen molar-refractivity contribution in [2.24, 2.45) is 0 Å². The SMILES string of the molecule is CC1CCC(=O)N1c1ccc(NCc2cnc(Cl)s2)cc1. The van der Waals surface area contributed by atoms with Crippen LogP contribution in [0, 0.1) is 0 Å². The third kappa shape index (κ3) is 3.19. The number of carbonyl (C=O) groups excluding carboxylic acids is 1. The average Bonchev–Trinajstić information content (AvgIpc) is 3.04. The van der Waals surface area contributed by atoms with E-state index in [4.69, 9.17) is 11.6 Å². The number of carbonyl (C=O) groups is 1. The molecule has 0 radical (unpaired) electrons. The van der Waals surface area contributed by atoms with Gasteiger partial charge in [0.1, 0.15) is 0 Å². The predicted molar refractivity (Wildman–Crippen MR) is 87.1 cm³/mol. The molecule has 2 heterocycles. The second-order valence-corrected chi connectivity index (χ2v) is 6.83. The maximum atomic E-state index is 11.9. The number of benzene rings is 1.